The maximum atomic E-state index is 5.14. The minimum atomic E-state index is 0.00195. The molecule has 1 unspecified atom stereocenters. The molecule has 1 N–H and O–H groups in total. The van der Waals surface area contributed by atoms with Crippen LogP contribution in [0.15, 0.2) is 42.7 Å². The van der Waals surface area contributed by atoms with E-state index >= 15 is 0 Å². The maximum Gasteiger partial charge on any atom is 0.149 e. The summed E-state index contributed by atoms with van der Waals surface area (Å²) in [5.41, 5.74) is 1.11. The molecule has 1 heterocycles. The van der Waals surface area contributed by atoms with Gasteiger partial charge in [-0.1, -0.05) is 12.1 Å². The van der Waals surface area contributed by atoms with Gasteiger partial charge in [0.05, 0.1) is 13.2 Å². The number of rotatable bonds is 4. The van der Waals surface area contributed by atoms with Gasteiger partial charge in [0, 0.05) is 12.4 Å². The molecule has 0 bridgehead atoms. The van der Waals surface area contributed by atoms with Crippen LogP contribution in [0.2, 0.25) is 0 Å². The Kier molecular flexibility index (Phi) is 3.67. The van der Waals surface area contributed by atoms with Gasteiger partial charge in [-0.25, -0.2) is 9.97 Å². The van der Waals surface area contributed by atoms with E-state index in [0.717, 1.165) is 17.1 Å². The number of benzene rings is 1. The molecule has 17 heavy (non-hydrogen) atoms. The Hall–Kier alpha value is -1.94. The van der Waals surface area contributed by atoms with E-state index in [2.05, 4.69) is 15.3 Å². The first-order valence-corrected chi connectivity index (χ1v) is 5.43. The Labute approximate surface area is 101 Å². The molecule has 0 spiro atoms. The van der Waals surface area contributed by atoms with Crippen LogP contribution in [0.4, 0.5) is 0 Å². The molecule has 0 fully saturated rings. The quantitative estimate of drug-likeness (QED) is 0.868. The number of hydrogen-bond donors (Lipinski definition) is 1. The van der Waals surface area contributed by atoms with E-state index in [-0.39, 0.29) is 6.04 Å². The zero-order chi connectivity index (χ0) is 12.1. The Balaban J connectivity index is 2.29. The number of methoxy groups -OCH3 is 1. The molecule has 0 radical (unpaired) electrons. The van der Waals surface area contributed by atoms with Crippen LogP contribution < -0.4 is 10.1 Å². The second-order valence-corrected chi connectivity index (χ2v) is 3.60. The highest BCUT2D eigenvalue weighted by Gasteiger charge is 2.13. The van der Waals surface area contributed by atoms with Gasteiger partial charge in [-0.15, -0.1) is 0 Å². The van der Waals surface area contributed by atoms with Crippen LogP contribution in [0.5, 0.6) is 5.75 Å². The molecule has 1 aromatic carbocycles. The minimum absolute atomic E-state index is 0.00195. The fraction of sp³-hybridized carbons (Fsp3) is 0.231. The van der Waals surface area contributed by atoms with Gasteiger partial charge in [-0.3, -0.25) is 0 Å². The lowest BCUT2D eigenvalue weighted by Gasteiger charge is -2.15. The first kappa shape index (κ1) is 11.5. The SMILES string of the molecule is CNC(c1ccc(OC)cc1)c1ncccn1. The van der Waals surface area contributed by atoms with Crippen molar-refractivity contribution in [2.45, 2.75) is 6.04 Å². The Morgan fingerprint density at radius 3 is 2.29 bits per heavy atom. The number of ether oxygens (including phenoxy) is 1. The predicted octanol–water partition coefficient (Wildman–Crippen LogP) is 1.79. The molecule has 1 aromatic heterocycles. The third kappa shape index (κ3) is 2.60. The van der Waals surface area contributed by atoms with Gasteiger partial charge in [0.15, 0.2) is 0 Å². The number of nitrogens with one attached hydrogen (secondary N) is 1. The predicted molar refractivity (Wildman–Crippen MR) is 65.9 cm³/mol. The second kappa shape index (κ2) is 5.41. The highest BCUT2D eigenvalue weighted by molar-refractivity contribution is 5.31. The van der Waals surface area contributed by atoms with Gasteiger partial charge < -0.3 is 10.1 Å². The van der Waals surface area contributed by atoms with Crippen molar-refractivity contribution in [3.05, 3.63) is 54.1 Å². The molecule has 2 aromatic rings. The normalized spacial score (nSPS) is 12.1. The molecule has 0 aliphatic carbocycles. The van der Waals surface area contributed by atoms with Crippen molar-refractivity contribution in [2.24, 2.45) is 0 Å². The van der Waals surface area contributed by atoms with Crippen molar-refractivity contribution in [3.8, 4) is 5.75 Å². The van der Waals surface area contributed by atoms with Crippen LogP contribution in [0.3, 0.4) is 0 Å². The lowest BCUT2D eigenvalue weighted by atomic mass is 10.1. The molecule has 0 amide bonds. The fourth-order valence-electron chi connectivity index (χ4n) is 1.70. The lowest BCUT2D eigenvalue weighted by molar-refractivity contribution is 0.414. The maximum absolute atomic E-state index is 5.14. The highest BCUT2D eigenvalue weighted by atomic mass is 16.5. The van der Waals surface area contributed by atoms with Crippen molar-refractivity contribution >= 4 is 0 Å². The van der Waals surface area contributed by atoms with E-state index in [4.69, 9.17) is 4.74 Å². The molecule has 4 heteroatoms. The Morgan fingerprint density at radius 1 is 1.12 bits per heavy atom. The number of aromatic nitrogens is 2. The van der Waals surface area contributed by atoms with Crippen LogP contribution in [-0.4, -0.2) is 24.1 Å². The molecule has 0 saturated carbocycles. The molecule has 2 rings (SSSR count). The van der Waals surface area contributed by atoms with Gasteiger partial charge in [-0.2, -0.15) is 0 Å². The van der Waals surface area contributed by atoms with Crippen molar-refractivity contribution in [3.63, 3.8) is 0 Å². The summed E-state index contributed by atoms with van der Waals surface area (Å²) in [6.45, 7) is 0. The molecule has 0 saturated heterocycles. The van der Waals surface area contributed by atoms with Crippen LogP contribution in [0.25, 0.3) is 0 Å². The van der Waals surface area contributed by atoms with Crippen molar-refractivity contribution in [2.75, 3.05) is 14.2 Å². The smallest absolute Gasteiger partial charge is 0.149 e. The third-order valence-corrected chi connectivity index (χ3v) is 2.58. The van der Waals surface area contributed by atoms with E-state index in [1.165, 1.54) is 0 Å². The van der Waals surface area contributed by atoms with E-state index in [1.807, 2.05) is 37.4 Å². The average Bonchev–Trinajstić information content (AvgIpc) is 2.42. The van der Waals surface area contributed by atoms with E-state index in [1.54, 1.807) is 19.5 Å². The van der Waals surface area contributed by atoms with Gasteiger partial charge in [-0.05, 0) is 30.8 Å². The summed E-state index contributed by atoms with van der Waals surface area (Å²) in [7, 11) is 3.55. The molecule has 88 valence electrons. The minimum Gasteiger partial charge on any atom is -0.497 e. The topological polar surface area (TPSA) is 47.0 Å². The highest BCUT2D eigenvalue weighted by Crippen LogP contribution is 2.20. The zero-order valence-corrected chi connectivity index (χ0v) is 9.92. The number of hydrogen-bond acceptors (Lipinski definition) is 4. The largest absolute Gasteiger partial charge is 0.497 e. The van der Waals surface area contributed by atoms with E-state index in [9.17, 15) is 0 Å². The standard InChI is InChI=1S/C13H15N3O/c1-14-12(13-15-8-3-9-16-13)10-4-6-11(17-2)7-5-10/h3-9,12,14H,1-2H3. The average molecular weight is 229 g/mol. The van der Waals surface area contributed by atoms with Crippen LogP contribution in [0.1, 0.15) is 17.4 Å². The second-order valence-electron chi connectivity index (χ2n) is 3.60. The van der Waals surface area contributed by atoms with Gasteiger partial charge in [0.2, 0.25) is 0 Å². The Morgan fingerprint density at radius 2 is 1.76 bits per heavy atom. The summed E-state index contributed by atoms with van der Waals surface area (Å²) in [4.78, 5) is 8.53. The zero-order valence-electron chi connectivity index (χ0n) is 9.92. The first-order chi connectivity index (χ1) is 8.35. The third-order valence-electron chi connectivity index (χ3n) is 2.58. The monoisotopic (exact) mass is 229 g/mol. The molecule has 4 nitrogen and oxygen atoms in total. The summed E-state index contributed by atoms with van der Waals surface area (Å²) < 4.78 is 5.14. The molecular formula is C13H15N3O. The van der Waals surface area contributed by atoms with Crippen molar-refractivity contribution in [1.29, 1.82) is 0 Å². The lowest BCUT2D eigenvalue weighted by Crippen LogP contribution is -2.19. The van der Waals surface area contributed by atoms with E-state index in [0.29, 0.717) is 0 Å². The van der Waals surface area contributed by atoms with Crippen LogP contribution >= 0.6 is 0 Å². The Bertz CT molecular complexity index is 456. The summed E-state index contributed by atoms with van der Waals surface area (Å²) in [5, 5.41) is 3.21. The summed E-state index contributed by atoms with van der Waals surface area (Å²) in [5.74, 6) is 1.61. The van der Waals surface area contributed by atoms with Crippen LogP contribution in [0, 0.1) is 0 Å². The summed E-state index contributed by atoms with van der Waals surface area (Å²) in [6.07, 6.45) is 3.49. The van der Waals surface area contributed by atoms with Crippen molar-refractivity contribution in [1.82, 2.24) is 15.3 Å². The van der Waals surface area contributed by atoms with Crippen molar-refractivity contribution < 1.29 is 4.74 Å². The molecule has 0 aliphatic heterocycles. The van der Waals surface area contributed by atoms with Gasteiger partial charge in [0.1, 0.15) is 11.6 Å². The van der Waals surface area contributed by atoms with Gasteiger partial charge >= 0.3 is 0 Å². The molecule has 1 atom stereocenters. The molecule has 0 aliphatic rings. The number of nitrogens with zero attached hydrogens (tertiary/aromatic N) is 2. The fourth-order valence-corrected chi connectivity index (χ4v) is 1.70. The molecular weight excluding hydrogens is 214 g/mol. The summed E-state index contributed by atoms with van der Waals surface area (Å²) in [6, 6.07) is 9.70. The van der Waals surface area contributed by atoms with Crippen LogP contribution in [-0.2, 0) is 0 Å². The summed E-state index contributed by atoms with van der Waals surface area (Å²) >= 11 is 0. The van der Waals surface area contributed by atoms with E-state index < -0.39 is 0 Å². The van der Waals surface area contributed by atoms with Gasteiger partial charge in [0.25, 0.3) is 0 Å². The first-order valence-electron chi connectivity index (χ1n) is 5.43.